The number of halogens is 2. The Morgan fingerprint density at radius 2 is 1.78 bits per heavy atom. The van der Waals surface area contributed by atoms with Crippen LogP contribution >= 0.6 is 23.2 Å². The van der Waals surface area contributed by atoms with Crippen LogP contribution in [0.15, 0.2) is 48.5 Å². The Bertz CT molecular complexity index is 673. The molecule has 0 saturated heterocycles. The Labute approximate surface area is 145 Å². The molecular formula is C17H18Cl2N2O2. The fourth-order valence-corrected chi connectivity index (χ4v) is 2.39. The zero-order chi connectivity index (χ0) is 16.9. The molecule has 0 fully saturated rings. The lowest BCUT2D eigenvalue weighted by atomic mass is 9.96. The van der Waals surface area contributed by atoms with Crippen LogP contribution in [0.1, 0.15) is 18.1 Å². The van der Waals surface area contributed by atoms with E-state index in [0.29, 0.717) is 22.2 Å². The van der Waals surface area contributed by atoms with E-state index in [1.54, 1.807) is 43.3 Å². The van der Waals surface area contributed by atoms with Crippen molar-refractivity contribution in [2.24, 2.45) is 0 Å². The largest absolute Gasteiger partial charge is 0.384 e. The van der Waals surface area contributed by atoms with Crippen molar-refractivity contribution in [3.8, 4) is 0 Å². The Morgan fingerprint density at radius 1 is 1.09 bits per heavy atom. The first-order chi connectivity index (χ1) is 10.9. The fourth-order valence-electron chi connectivity index (χ4n) is 2.06. The van der Waals surface area contributed by atoms with Crippen molar-refractivity contribution < 1.29 is 9.90 Å². The molecule has 0 aliphatic rings. The number of rotatable bonds is 5. The molecule has 2 aromatic rings. The smallest absolute Gasteiger partial charge is 0.315 e. The molecule has 4 nitrogen and oxygen atoms in total. The average molecular weight is 353 g/mol. The summed E-state index contributed by atoms with van der Waals surface area (Å²) in [5, 5.41) is 17.0. The summed E-state index contributed by atoms with van der Waals surface area (Å²) in [4.78, 5) is 11.8. The van der Waals surface area contributed by atoms with Crippen molar-refractivity contribution in [3.05, 3.63) is 69.7 Å². The lowest BCUT2D eigenvalue weighted by Crippen LogP contribution is -2.43. The van der Waals surface area contributed by atoms with E-state index in [2.05, 4.69) is 10.6 Å². The average Bonchev–Trinajstić information content (AvgIpc) is 2.51. The topological polar surface area (TPSA) is 61.4 Å². The predicted octanol–water partition coefficient (Wildman–Crippen LogP) is 3.70. The summed E-state index contributed by atoms with van der Waals surface area (Å²) >= 11 is 11.7. The van der Waals surface area contributed by atoms with E-state index >= 15 is 0 Å². The van der Waals surface area contributed by atoms with Gasteiger partial charge in [-0.2, -0.15) is 0 Å². The first kappa shape index (κ1) is 17.6. The van der Waals surface area contributed by atoms with Gasteiger partial charge in [0, 0.05) is 16.6 Å². The van der Waals surface area contributed by atoms with E-state index in [4.69, 9.17) is 23.2 Å². The molecule has 0 saturated carbocycles. The van der Waals surface area contributed by atoms with Crippen LogP contribution in [0.4, 0.5) is 4.79 Å². The van der Waals surface area contributed by atoms with Crippen LogP contribution in [-0.2, 0) is 12.1 Å². The second-order valence-corrected chi connectivity index (χ2v) is 6.32. The summed E-state index contributed by atoms with van der Waals surface area (Å²) in [6.07, 6.45) is 0. The van der Waals surface area contributed by atoms with Gasteiger partial charge in [0.1, 0.15) is 5.60 Å². The summed E-state index contributed by atoms with van der Waals surface area (Å²) in [5.74, 6) is 0. The SMILES string of the molecule is CC(O)(CNC(=O)NCc1cccc(Cl)c1)c1ccc(Cl)cc1. The van der Waals surface area contributed by atoms with E-state index in [0.717, 1.165) is 5.56 Å². The van der Waals surface area contributed by atoms with E-state index in [1.807, 2.05) is 12.1 Å². The minimum absolute atomic E-state index is 0.0794. The zero-order valence-corrected chi connectivity index (χ0v) is 14.2. The van der Waals surface area contributed by atoms with Crippen LogP contribution in [0.2, 0.25) is 10.0 Å². The first-order valence-corrected chi connectivity index (χ1v) is 7.87. The Hall–Kier alpha value is -1.75. The standard InChI is InChI=1S/C17H18Cl2N2O2/c1-17(23,13-5-7-14(18)8-6-13)11-21-16(22)20-10-12-3-2-4-15(19)9-12/h2-9,23H,10-11H2,1H3,(H2,20,21,22). The van der Waals surface area contributed by atoms with Crippen molar-refractivity contribution in [2.75, 3.05) is 6.54 Å². The maximum absolute atomic E-state index is 11.8. The van der Waals surface area contributed by atoms with Gasteiger partial charge in [-0.05, 0) is 42.3 Å². The molecule has 0 aromatic heterocycles. The number of urea groups is 1. The number of hydrogen-bond donors (Lipinski definition) is 3. The highest BCUT2D eigenvalue weighted by molar-refractivity contribution is 6.30. The molecule has 0 spiro atoms. The van der Waals surface area contributed by atoms with E-state index in [1.165, 1.54) is 0 Å². The van der Waals surface area contributed by atoms with Gasteiger partial charge in [-0.3, -0.25) is 0 Å². The Balaban J connectivity index is 1.84. The molecule has 23 heavy (non-hydrogen) atoms. The number of carbonyl (C=O) groups excluding carboxylic acids is 1. The third-order valence-electron chi connectivity index (χ3n) is 3.40. The molecule has 0 radical (unpaired) electrons. The van der Waals surface area contributed by atoms with Gasteiger partial charge in [0.15, 0.2) is 0 Å². The van der Waals surface area contributed by atoms with Gasteiger partial charge in [0.05, 0.1) is 6.54 Å². The molecule has 122 valence electrons. The van der Waals surface area contributed by atoms with Gasteiger partial charge in [0.25, 0.3) is 0 Å². The summed E-state index contributed by atoms with van der Waals surface area (Å²) < 4.78 is 0. The monoisotopic (exact) mass is 352 g/mol. The normalized spacial score (nSPS) is 13.2. The minimum atomic E-state index is -1.18. The van der Waals surface area contributed by atoms with Crippen LogP contribution in [-0.4, -0.2) is 17.7 Å². The summed E-state index contributed by atoms with van der Waals surface area (Å²) in [7, 11) is 0. The summed E-state index contributed by atoms with van der Waals surface area (Å²) in [5.41, 5.74) is 0.395. The van der Waals surface area contributed by atoms with Crippen LogP contribution in [0.3, 0.4) is 0 Å². The van der Waals surface area contributed by atoms with Crippen LogP contribution in [0.25, 0.3) is 0 Å². The van der Waals surface area contributed by atoms with E-state index < -0.39 is 5.60 Å². The van der Waals surface area contributed by atoms with Crippen molar-refractivity contribution in [1.82, 2.24) is 10.6 Å². The second-order valence-electron chi connectivity index (χ2n) is 5.45. The molecule has 0 heterocycles. The molecular weight excluding hydrogens is 335 g/mol. The van der Waals surface area contributed by atoms with Crippen LogP contribution in [0, 0.1) is 0 Å². The van der Waals surface area contributed by atoms with Gasteiger partial charge < -0.3 is 15.7 Å². The third kappa shape index (κ3) is 5.43. The fraction of sp³-hybridized carbons (Fsp3) is 0.235. The van der Waals surface area contributed by atoms with Gasteiger partial charge >= 0.3 is 6.03 Å². The third-order valence-corrected chi connectivity index (χ3v) is 3.89. The first-order valence-electron chi connectivity index (χ1n) is 7.11. The molecule has 3 N–H and O–H groups in total. The van der Waals surface area contributed by atoms with Crippen molar-refractivity contribution in [2.45, 2.75) is 19.1 Å². The molecule has 6 heteroatoms. The van der Waals surface area contributed by atoms with Crippen molar-refractivity contribution >= 4 is 29.2 Å². The van der Waals surface area contributed by atoms with Gasteiger partial charge in [-0.1, -0.05) is 47.5 Å². The molecule has 0 aliphatic heterocycles. The molecule has 1 atom stereocenters. The lowest BCUT2D eigenvalue weighted by Gasteiger charge is -2.24. The summed E-state index contributed by atoms with van der Waals surface area (Å²) in [6.45, 7) is 2.07. The van der Waals surface area contributed by atoms with Gasteiger partial charge in [-0.15, -0.1) is 0 Å². The number of amides is 2. The van der Waals surface area contributed by atoms with Gasteiger partial charge in [-0.25, -0.2) is 4.79 Å². The summed E-state index contributed by atoms with van der Waals surface area (Å²) in [6, 6.07) is 13.7. The number of carbonyl (C=O) groups is 1. The van der Waals surface area contributed by atoms with Crippen molar-refractivity contribution in [3.63, 3.8) is 0 Å². The molecule has 1 unspecified atom stereocenters. The van der Waals surface area contributed by atoms with Crippen molar-refractivity contribution in [1.29, 1.82) is 0 Å². The maximum atomic E-state index is 11.8. The number of benzene rings is 2. The number of aliphatic hydroxyl groups is 1. The molecule has 0 bridgehead atoms. The van der Waals surface area contributed by atoms with Crippen LogP contribution in [0.5, 0.6) is 0 Å². The zero-order valence-electron chi connectivity index (χ0n) is 12.6. The second kappa shape index (κ2) is 7.68. The maximum Gasteiger partial charge on any atom is 0.315 e. The highest BCUT2D eigenvalue weighted by atomic mass is 35.5. The molecule has 0 aliphatic carbocycles. The quantitative estimate of drug-likeness (QED) is 0.768. The molecule has 2 rings (SSSR count). The minimum Gasteiger partial charge on any atom is -0.384 e. The molecule has 2 aromatic carbocycles. The van der Waals surface area contributed by atoms with E-state index in [-0.39, 0.29) is 12.6 Å². The predicted molar refractivity (Wildman–Crippen MR) is 92.7 cm³/mol. The number of hydrogen-bond acceptors (Lipinski definition) is 2. The highest BCUT2D eigenvalue weighted by Gasteiger charge is 2.23. The Morgan fingerprint density at radius 3 is 2.43 bits per heavy atom. The molecule has 2 amide bonds. The van der Waals surface area contributed by atoms with Gasteiger partial charge in [0.2, 0.25) is 0 Å². The van der Waals surface area contributed by atoms with E-state index in [9.17, 15) is 9.90 Å². The van der Waals surface area contributed by atoms with Crippen LogP contribution < -0.4 is 10.6 Å². The lowest BCUT2D eigenvalue weighted by molar-refractivity contribution is 0.0594. The number of nitrogens with one attached hydrogen (secondary N) is 2. The highest BCUT2D eigenvalue weighted by Crippen LogP contribution is 2.21. The Kier molecular flexibility index (Phi) is 5.88.